The zero-order chi connectivity index (χ0) is 15.3. The standard InChI is InChI=1S/C18H14N2O2/c1-19-17-14-10-6-5-9-13(14)16(21)11-15(17)18(22)20(19)12-7-3-2-4-8-12/h2-11,21H,1H3. The lowest BCUT2D eigenvalue weighted by atomic mass is 10.1. The maximum absolute atomic E-state index is 12.8. The Kier molecular flexibility index (Phi) is 2.60. The van der Waals surface area contributed by atoms with Gasteiger partial charge in [0.05, 0.1) is 16.6 Å². The van der Waals surface area contributed by atoms with Gasteiger partial charge in [-0.15, -0.1) is 0 Å². The Morgan fingerprint density at radius 3 is 2.23 bits per heavy atom. The third-order valence-corrected chi connectivity index (χ3v) is 4.04. The topological polar surface area (TPSA) is 47.2 Å². The molecule has 22 heavy (non-hydrogen) atoms. The minimum atomic E-state index is -0.134. The molecule has 1 N–H and O–H groups in total. The molecule has 0 spiro atoms. The maximum atomic E-state index is 12.8. The molecular formula is C18H14N2O2. The molecule has 0 aliphatic carbocycles. The van der Waals surface area contributed by atoms with Gasteiger partial charge in [-0.05, 0) is 18.2 Å². The van der Waals surface area contributed by atoms with Crippen LogP contribution < -0.4 is 5.56 Å². The molecule has 0 aliphatic heterocycles. The van der Waals surface area contributed by atoms with Gasteiger partial charge < -0.3 is 5.11 Å². The first-order valence-corrected chi connectivity index (χ1v) is 7.06. The van der Waals surface area contributed by atoms with Crippen molar-refractivity contribution in [1.82, 2.24) is 9.36 Å². The predicted octanol–water partition coefficient (Wildman–Crippen LogP) is 3.19. The molecule has 0 saturated heterocycles. The van der Waals surface area contributed by atoms with E-state index in [4.69, 9.17) is 0 Å². The normalized spacial score (nSPS) is 11.3. The molecule has 1 aromatic heterocycles. The van der Waals surface area contributed by atoms with Crippen LogP contribution in [0.4, 0.5) is 0 Å². The summed E-state index contributed by atoms with van der Waals surface area (Å²) in [7, 11) is 1.86. The summed E-state index contributed by atoms with van der Waals surface area (Å²) in [5.41, 5.74) is 1.49. The Morgan fingerprint density at radius 2 is 1.50 bits per heavy atom. The molecule has 0 radical (unpaired) electrons. The molecule has 0 saturated carbocycles. The minimum absolute atomic E-state index is 0.131. The molecule has 108 valence electrons. The van der Waals surface area contributed by atoms with Gasteiger partial charge in [-0.3, -0.25) is 9.48 Å². The van der Waals surface area contributed by atoms with Crippen LogP contribution in [-0.2, 0) is 7.05 Å². The Bertz CT molecular complexity index is 1060. The largest absolute Gasteiger partial charge is 0.507 e. The number of nitrogens with zero attached hydrogens (tertiary/aromatic N) is 2. The Balaban J connectivity index is 2.23. The highest BCUT2D eigenvalue weighted by molar-refractivity contribution is 6.08. The van der Waals surface area contributed by atoms with Gasteiger partial charge in [0.2, 0.25) is 0 Å². The van der Waals surface area contributed by atoms with Crippen LogP contribution >= 0.6 is 0 Å². The number of rotatable bonds is 1. The molecule has 3 aromatic carbocycles. The van der Waals surface area contributed by atoms with Crippen molar-refractivity contribution in [2.75, 3.05) is 0 Å². The second-order valence-electron chi connectivity index (χ2n) is 5.31. The summed E-state index contributed by atoms with van der Waals surface area (Å²) in [5.74, 6) is 0.131. The van der Waals surface area contributed by atoms with Crippen molar-refractivity contribution in [3.63, 3.8) is 0 Å². The van der Waals surface area contributed by atoms with Crippen molar-refractivity contribution in [1.29, 1.82) is 0 Å². The zero-order valence-corrected chi connectivity index (χ0v) is 12.0. The number of phenols is 1. The summed E-state index contributed by atoms with van der Waals surface area (Å²) in [6, 6.07) is 18.6. The lowest BCUT2D eigenvalue weighted by Crippen LogP contribution is -2.19. The smallest absolute Gasteiger partial charge is 0.279 e. The Morgan fingerprint density at radius 1 is 0.864 bits per heavy atom. The van der Waals surface area contributed by atoms with E-state index in [2.05, 4.69) is 0 Å². The summed E-state index contributed by atoms with van der Waals surface area (Å²) < 4.78 is 3.46. The number of hydrogen-bond acceptors (Lipinski definition) is 2. The van der Waals surface area contributed by atoms with Gasteiger partial charge in [-0.1, -0.05) is 42.5 Å². The summed E-state index contributed by atoms with van der Waals surface area (Å²) in [5, 5.41) is 12.3. The lowest BCUT2D eigenvalue weighted by molar-refractivity contribution is 0.482. The van der Waals surface area contributed by atoms with E-state index in [9.17, 15) is 9.90 Å². The maximum Gasteiger partial charge on any atom is 0.279 e. The molecule has 0 unspecified atom stereocenters. The van der Waals surface area contributed by atoms with E-state index in [0.717, 1.165) is 22.0 Å². The van der Waals surface area contributed by atoms with Gasteiger partial charge in [-0.2, -0.15) is 0 Å². The first-order chi connectivity index (χ1) is 10.7. The summed E-state index contributed by atoms with van der Waals surface area (Å²) in [6.45, 7) is 0. The zero-order valence-electron chi connectivity index (χ0n) is 12.0. The van der Waals surface area contributed by atoms with Gasteiger partial charge in [0.25, 0.3) is 5.56 Å². The number of aromatic hydroxyl groups is 1. The van der Waals surface area contributed by atoms with Gasteiger partial charge >= 0.3 is 0 Å². The average Bonchev–Trinajstić information content (AvgIpc) is 2.80. The third kappa shape index (κ3) is 1.61. The fourth-order valence-corrected chi connectivity index (χ4v) is 3.06. The van der Waals surface area contributed by atoms with Crippen LogP contribution in [0.1, 0.15) is 0 Å². The molecular weight excluding hydrogens is 276 g/mol. The van der Waals surface area contributed by atoms with Crippen LogP contribution in [0.3, 0.4) is 0 Å². The van der Waals surface area contributed by atoms with E-state index in [0.29, 0.717) is 5.39 Å². The fraction of sp³-hybridized carbons (Fsp3) is 0.0556. The number of aromatic nitrogens is 2. The molecule has 4 rings (SSSR count). The second kappa shape index (κ2) is 4.49. The fourth-order valence-electron chi connectivity index (χ4n) is 3.06. The number of aryl methyl sites for hydroxylation is 1. The number of phenolic OH excluding ortho intramolecular Hbond substituents is 1. The van der Waals surface area contributed by atoms with Crippen molar-refractivity contribution in [2.45, 2.75) is 0 Å². The number of hydrogen-bond donors (Lipinski definition) is 1. The average molecular weight is 290 g/mol. The highest BCUT2D eigenvalue weighted by atomic mass is 16.3. The quantitative estimate of drug-likeness (QED) is 0.585. The highest BCUT2D eigenvalue weighted by Crippen LogP contribution is 2.31. The molecule has 4 nitrogen and oxygen atoms in total. The highest BCUT2D eigenvalue weighted by Gasteiger charge is 2.16. The van der Waals surface area contributed by atoms with Crippen molar-refractivity contribution in [3.8, 4) is 11.4 Å². The lowest BCUT2D eigenvalue weighted by Gasteiger charge is -2.08. The van der Waals surface area contributed by atoms with E-state index < -0.39 is 0 Å². The van der Waals surface area contributed by atoms with E-state index in [-0.39, 0.29) is 11.3 Å². The van der Waals surface area contributed by atoms with Gasteiger partial charge in [-0.25, -0.2) is 4.68 Å². The minimum Gasteiger partial charge on any atom is -0.507 e. The first-order valence-electron chi connectivity index (χ1n) is 7.06. The number of benzene rings is 3. The Hall–Kier alpha value is -3.01. The molecule has 0 amide bonds. The molecule has 4 heteroatoms. The SMILES string of the molecule is Cn1c2c(cc(O)c3ccccc32)c(=O)n1-c1ccccc1. The van der Waals surface area contributed by atoms with E-state index in [1.807, 2.05) is 66.3 Å². The summed E-state index contributed by atoms with van der Waals surface area (Å²) in [6.07, 6.45) is 0. The van der Waals surface area contributed by atoms with E-state index >= 15 is 0 Å². The van der Waals surface area contributed by atoms with Crippen molar-refractivity contribution >= 4 is 21.7 Å². The van der Waals surface area contributed by atoms with Crippen LogP contribution in [-0.4, -0.2) is 14.5 Å². The molecule has 0 bridgehead atoms. The van der Waals surface area contributed by atoms with E-state index in [1.165, 1.54) is 0 Å². The van der Waals surface area contributed by atoms with Crippen molar-refractivity contribution < 1.29 is 5.11 Å². The van der Waals surface area contributed by atoms with Crippen molar-refractivity contribution in [2.24, 2.45) is 7.05 Å². The van der Waals surface area contributed by atoms with Crippen molar-refractivity contribution in [3.05, 3.63) is 71.0 Å². The van der Waals surface area contributed by atoms with Gasteiger partial charge in [0.15, 0.2) is 0 Å². The van der Waals surface area contributed by atoms with Crippen LogP contribution in [0.2, 0.25) is 0 Å². The van der Waals surface area contributed by atoms with Gasteiger partial charge in [0, 0.05) is 17.8 Å². The number of fused-ring (bicyclic) bond motifs is 3. The molecule has 0 fully saturated rings. The molecule has 0 atom stereocenters. The van der Waals surface area contributed by atoms with E-state index in [1.54, 1.807) is 10.7 Å². The third-order valence-electron chi connectivity index (χ3n) is 4.04. The van der Waals surface area contributed by atoms with Crippen LogP contribution in [0, 0.1) is 0 Å². The molecule has 1 heterocycles. The summed E-state index contributed by atoms with van der Waals surface area (Å²) >= 11 is 0. The summed E-state index contributed by atoms with van der Waals surface area (Å²) in [4.78, 5) is 12.8. The molecule has 4 aromatic rings. The molecule has 0 aliphatic rings. The second-order valence-corrected chi connectivity index (χ2v) is 5.31. The predicted molar refractivity (Wildman–Crippen MR) is 87.7 cm³/mol. The first kappa shape index (κ1) is 12.7. The van der Waals surface area contributed by atoms with Crippen LogP contribution in [0.15, 0.2) is 65.5 Å². The Labute approximate surface area is 126 Å². The number of para-hydroxylation sites is 1. The monoisotopic (exact) mass is 290 g/mol. The van der Waals surface area contributed by atoms with Crippen LogP contribution in [0.25, 0.3) is 27.4 Å². The van der Waals surface area contributed by atoms with Crippen LogP contribution in [0.5, 0.6) is 5.75 Å². The van der Waals surface area contributed by atoms with Gasteiger partial charge in [0.1, 0.15) is 5.75 Å².